The minimum absolute atomic E-state index is 0.139. The van der Waals surface area contributed by atoms with Crippen LogP contribution in [0.1, 0.15) is 28.5 Å². The number of pyridine rings is 1. The van der Waals surface area contributed by atoms with Gasteiger partial charge in [-0.15, -0.1) is 23.2 Å². The number of benzene rings is 1. The minimum atomic E-state index is -0.424. The first-order valence-corrected chi connectivity index (χ1v) is 8.17. The predicted octanol–water partition coefficient (Wildman–Crippen LogP) is 4.49. The maximum absolute atomic E-state index is 12.2. The van der Waals surface area contributed by atoms with Crippen molar-refractivity contribution in [2.75, 3.05) is 6.61 Å². The summed E-state index contributed by atoms with van der Waals surface area (Å²) in [5.74, 6) is -0.0797. The first-order valence-electron chi connectivity index (χ1n) is 6.02. The summed E-state index contributed by atoms with van der Waals surface area (Å²) in [6.07, 6.45) is 0. The van der Waals surface area contributed by atoms with Crippen molar-refractivity contribution in [1.82, 2.24) is 4.98 Å². The van der Waals surface area contributed by atoms with E-state index >= 15 is 0 Å². The Kier molecular flexibility index (Phi) is 5.46. The second-order valence-corrected chi connectivity index (χ2v) is 5.84. The first-order chi connectivity index (χ1) is 9.62. The van der Waals surface area contributed by atoms with Gasteiger partial charge in [0.1, 0.15) is 0 Å². The van der Waals surface area contributed by atoms with Gasteiger partial charge in [0, 0.05) is 14.8 Å². The molecule has 2 aromatic rings. The van der Waals surface area contributed by atoms with Crippen LogP contribution >= 0.6 is 45.8 Å². The number of carbonyl (C=O) groups is 1. The molecule has 20 heavy (non-hydrogen) atoms. The van der Waals surface area contributed by atoms with E-state index in [1.807, 2.05) is 18.2 Å². The number of hydrogen-bond donors (Lipinski definition) is 0. The second kappa shape index (κ2) is 6.91. The third-order valence-electron chi connectivity index (χ3n) is 2.87. The van der Waals surface area contributed by atoms with E-state index in [4.69, 9.17) is 27.9 Å². The van der Waals surface area contributed by atoms with Crippen LogP contribution in [0.2, 0.25) is 0 Å². The topological polar surface area (TPSA) is 39.2 Å². The van der Waals surface area contributed by atoms with Gasteiger partial charge in [0.2, 0.25) is 0 Å². The number of carbonyl (C=O) groups excluding carboxylic acids is 1. The standard InChI is InChI=1S/C14H12Cl2INO2/c1-2-20-14(19)13-10(6-15)9-5-8(17)3-4-11(9)18-12(13)7-16/h3-5H,2,6-7H2,1H3. The molecule has 0 aliphatic carbocycles. The molecule has 0 aliphatic heterocycles. The van der Waals surface area contributed by atoms with Crippen LogP contribution in [0.25, 0.3) is 10.9 Å². The van der Waals surface area contributed by atoms with Gasteiger partial charge in [-0.1, -0.05) is 0 Å². The van der Waals surface area contributed by atoms with Crippen molar-refractivity contribution in [1.29, 1.82) is 0 Å². The highest BCUT2D eigenvalue weighted by Gasteiger charge is 2.21. The molecule has 1 aromatic carbocycles. The summed E-state index contributed by atoms with van der Waals surface area (Å²) < 4.78 is 6.15. The van der Waals surface area contributed by atoms with Crippen LogP contribution in [-0.4, -0.2) is 17.6 Å². The summed E-state index contributed by atoms with van der Waals surface area (Å²) in [7, 11) is 0. The van der Waals surface area contributed by atoms with Crippen molar-refractivity contribution in [2.45, 2.75) is 18.7 Å². The van der Waals surface area contributed by atoms with Crippen LogP contribution in [0.5, 0.6) is 0 Å². The summed E-state index contributed by atoms with van der Waals surface area (Å²) in [4.78, 5) is 16.6. The molecule has 0 atom stereocenters. The van der Waals surface area contributed by atoms with Gasteiger partial charge < -0.3 is 4.74 Å². The van der Waals surface area contributed by atoms with Gasteiger partial charge in [-0.05, 0) is 53.3 Å². The molecular weight excluding hydrogens is 412 g/mol. The number of nitrogens with zero attached hydrogens (tertiary/aromatic N) is 1. The van der Waals surface area contributed by atoms with E-state index in [1.165, 1.54) is 0 Å². The maximum atomic E-state index is 12.2. The number of fused-ring (bicyclic) bond motifs is 1. The Morgan fingerprint density at radius 1 is 1.35 bits per heavy atom. The number of ether oxygens (including phenoxy) is 1. The van der Waals surface area contributed by atoms with Gasteiger partial charge in [-0.3, -0.25) is 4.98 Å². The third-order valence-corrected chi connectivity index (χ3v) is 4.06. The van der Waals surface area contributed by atoms with E-state index in [2.05, 4.69) is 27.6 Å². The highest BCUT2D eigenvalue weighted by Crippen LogP contribution is 2.28. The zero-order chi connectivity index (χ0) is 14.7. The molecule has 0 saturated heterocycles. The molecule has 0 unspecified atom stereocenters. The Hall–Kier alpha value is -0.590. The van der Waals surface area contributed by atoms with E-state index in [1.54, 1.807) is 6.92 Å². The lowest BCUT2D eigenvalue weighted by Gasteiger charge is -2.13. The van der Waals surface area contributed by atoms with E-state index in [0.717, 1.165) is 20.0 Å². The molecular formula is C14H12Cl2INO2. The molecule has 1 heterocycles. The number of hydrogen-bond acceptors (Lipinski definition) is 3. The molecule has 106 valence electrons. The Bertz CT molecular complexity index is 661. The van der Waals surface area contributed by atoms with E-state index < -0.39 is 5.97 Å². The minimum Gasteiger partial charge on any atom is -0.462 e. The highest BCUT2D eigenvalue weighted by molar-refractivity contribution is 14.1. The molecule has 0 radical (unpaired) electrons. The SMILES string of the molecule is CCOC(=O)c1c(CCl)nc2ccc(I)cc2c1CCl. The van der Waals surface area contributed by atoms with Crippen LogP contribution in [0.3, 0.4) is 0 Å². The average molecular weight is 424 g/mol. The Morgan fingerprint density at radius 3 is 2.70 bits per heavy atom. The number of aromatic nitrogens is 1. The number of alkyl halides is 2. The summed E-state index contributed by atoms with van der Waals surface area (Å²) in [5, 5.41) is 0.865. The van der Waals surface area contributed by atoms with Crippen molar-refractivity contribution in [3.8, 4) is 0 Å². The second-order valence-electron chi connectivity index (χ2n) is 4.06. The third kappa shape index (κ3) is 3.02. The number of halogens is 3. The molecule has 0 fully saturated rings. The molecule has 0 aliphatic rings. The molecule has 2 rings (SSSR count). The molecule has 0 N–H and O–H groups in total. The largest absolute Gasteiger partial charge is 0.462 e. The Morgan fingerprint density at radius 2 is 2.10 bits per heavy atom. The summed E-state index contributed by atoms with van der Waals surface area (Å²) >= 11 is 14.2. The van der Waals surface area contributed by atoms with Crippen molar-refractivity contribution < 1.29 is 9.53 Å². The smallest absolute Gasteiger partial charge is 0.340 e. The fourth-order valence-electron chi connectivity index (χ4n) is 2.04. The number of esters is 1. The van der Waals surface area contributed by atoms with Crippen molar-refractivity contribution >= 4 is 62.7 Å². The molecule has 0 saturated carbocycles. The summed E-state index contributed by atoms with van der Waals surface area (Å²) in [5.41, 5.74) is 2.41. The lowest BCUT2D eigenvalue weighted by Crippen LogP contribution is -2.13. The van der Waals surface area contributed by atoms with Gasteiger partial charge in [0.15, 0.2) is 0 Å². The van der Waals surface area contributed by atoms with Crippen LogP contribution in [0.4, 0.5) is 0 Å². The molecule has 3 nitrogen and oxygen atoms in total. The number of rotatable bonds is 4. The fourth-order valence-corrected chi connectivity index (χ4v) is 3.00. The van der Waals surface area contributed by atoms with Crippen LogP contribution in [-0.2, 0) is 16.5 Å². The van der Waals surface area contributed by atoms with Gasteiger partial charge >= 0.3 is 5.97 Å². The molecule has 6 heteroatoms. The Labute approximate surface area is 140 Å². The van der Waals surface area contributed by atoms with Gasteiger partial charge in [0.05, 0.1) is 29.3 Å². The van der Waals surface area contributed by atoms with E-state index in [0.29, 0.717) is 17.9 Å². The van der Waals surface area contributed by atoms with Gasteiger partial charge in [-0.2, -0.15) is 0 Å². The van der Waals surface area contributed by atoms with Gasteiger partial charge in [0.25, 0.3) is 0 Å². The molecule has 0 bridgehead atoms. The zero-order valence-electron chi connectivity index (χ0n) is 10.8. The van der Waals surface area contributed by atoms with E-state index in [9.17, 15) is 4.79 Å². The highest BCUT2D eigenvalue weighted by atomic mass is 127. The quantitative estimate of drug-likeness (QED) is 0.413. The predicted molar refractivity (Wildman–Crippen MR) is 89.5 cm³/mol. The maximum Gasteiger partial charge on any atom is 0.340 e. The van der Waals surface area contributed by atoms with Crippen molar-refractivity contribution in [2.24, 2.45) is 0 Å². The molecule has 1 aromatic heterocycles. The summed E-state index contributed by atoms with van der Waals surface area (Å²) in [6, 6.07) is 5.81. The average Bonchev–Trinajstić information content (AvgIpc) is 2.45. The fraction of sp³-hybridized carbons (Fsp3) is 0.286. The summed E-state index contributed by atoms with van der Waals surface area (Å²) in [6.45, 7) is 2.06. The van der Waals surface area contributed by atoms with Crippen LogP contribution in [0, 0.1) is 3.57 Å². The normalized spacial score (nSPS) is 10.8. The lowest BCUT2D eigenvalue weighted by atomic mass is 10.0. The molecule has 0 spiro atoms. The molecule has 0 amide bonds. The van der Waals surface area contributed by atoms with Gasteiger partial charge in [-0.25, -0.2) is 4.79 Å². The Balaban J connectivity index is 2.78. The van der Waals surface area contributed by atoms with Crippen LogP contribution in [0.15, 0.2) is 18.2 Å². The zero-order valence-corrected chi connectivity index (χ0v) is 14.4. The van der Waals surface area contributed by atoms with Crippen molar-refractivity contribution in [3.05, 3.63) is 38.6 Å². The van der Waals surface area contributed by atoms with Crippen LogP contribution < -0.4 is 0 Å². The first kappa shape index (κ1) is 15.8. The van der Waals surface area contributed by atoms with Crippen molar-refractivity contribution in [3.63, 3.8) is 0 Å². The monoisotopic (exact) mass is 423 g/mol. The van der Waals surface area contributed by atoms with E-state index in [-0.39, 0.29) is 11.8 Å². The lowest BCUT2D eigenvalue weighted by molar-refractivity contribution is 0.0524.